The molecule has 3 fully saturated rings. The molecule has 3 unspecified atom stereocenters. The summed E-state index contributed by atoms with van der Waals surface area (Å²) >= 11 is 0. The van der Waals surface area contributed by atoms with Crippen molar-refractivity contribution in [2.24, 2.45) is 5.92 Å². The molecule has 0 aromatic heterocycles. The molecule has 3 atom stereocenters. The maximum Gasteiger partial charge on any atom is 0.320 e. The van der Waals surface area contributed by atoms with Crippen LogP contribution in [0.4, 0.5) is 4.79 Å². The maximum atomic E-state index is 12.6. The minimum absolute atomic E-state index is 0.0816. The highest BCUT2D eigenvalue weighted by Crippen LogP contribution is 2.31. The molecule has 6 heteroatoms. The van der Waals surface area contributed by atoms with Crippen LogP contribution in [-0.2, 0) is 9.53 Å². The zero-order valence-corrected chi connectivity index (χ0v) is 11.7. The van der Waals surface area contributed by atoms with Gasteiger partial charge in [0.15, 0.2) is 0 Å². The van der Waals surface area contributed by atoms with Crippen LogP contribution in [0.3, 0.4) is 0 Å². The van der Waals surface area contributed by atoms with Gasteiger partial charge in [0.25, 0.3) is 0 Å². The van der Waals surface area contributed by atoms with E-state index in [1.54, 1.807) is 0 Å². The van der Waals surface area contributed by atoms with Gasteiger partial charge in [0.2, 0.25) is 0 Å². The first kappa shape index (κ1) is 13.7. The molecule has 3 aliphatic rings. The number of morpholine rings is 1. The molecule has 1 saturated carbocycles. The highest BCUT2D eigenvalue weighted by molar-refractivity contribution is 5.75. The minimum Gasteiger partial charge on any atom is -0.481 e. The summed E-state index contributed by atoms with van der Waals surface area (Å²) in [5.74, 6) is -0.664. The van der Waals surface area contributed by atoms with E-state index in [1.807, 2.05) is 9.80 Å². The Labute approximate surface area is 118 Å². The van der Waals surface area contributed by atoms with Crippen molar-refractivity contribution in [1.82, 2.24) is 9.80 Å². The number of urea groups is 1. The van der Waals surface area contributed by atoms with Gasteiger partial charge in [0.05, 0.1) is 18.8 Å². The van der Waals surface area contributed by atoms with E-state index in [1.165, 1.54) is 0 Å². The Hall–Kier alpha value is -1.30. The summed E-state index contributed by atoms with van der Waals surface area (Å²) in [5.41, 5.74) is 0. The van der Waals surface area contributed by atoms with Crippen LogP contribution in [0, 0.1) is 5.92 Å². The molecule has 1 aliphatic carbocycles. The monoisotopic (exact) mass is 282 g/mol. The molecule has 20 heavy (non-hydrogen) atoms. The Morgan fingerprint density at radius 3 is 2.85 bits per heavy atom. The molecule has 112 valence electrons. The Morgan fingerprint density at radius 1 is 1.20 bits per heavy atom. The highest BCUT2D eigenvalue weighted by atomic mass is 16.5. The van der Waals surface area contributed by atoms with Crippen LogP contribution in [0.25, 0.3) is 0 Å². The van der Waals surface area contributed by atoms with Crippen molar-refractivity contribution in [3.05, 3.63) is 0 Å². The van der Waals surface area contributed by atoms with E-state index in [0.29, 0.717) is 26.2 Å². The molecule has 1 N–H and O–H groups in total. The zero-order chi connectivity index (χ0) is 14.1. The summed E-state index contributed by atoms with van der Waals surface area (Å²) < 4.78 is 5.73. The fourth-order valence-corrected chi connectivity index (χ4v) is 3.76. The van der Waals surface area contributed by atoms with E-state index in [2.05, 4.69) is 0 Å². The number of rotatable bonds is 2. The molecular weight excluding hydrogens is 260 g/mol. The summed E-state index contributed by atoms with van der Waals surface area (Å²) in [5, 5.41) is 8.84. The molecule has 2 heterocycles. The third-order valence-corrected chi connectivity index (χ3v) is 4.75. The standard InChI is InChI=1S/C14H22N2O4/c17-13(18)8-10-4-5-15(9-10)14(19)16-6-7-20-12-3-1-2-11(12)16/h10-12H,1-9H2,(H,17,18). The number of ether oxygens (including phenoxy) is 1. The number of carboxylic acids is 1. The number of carbonyl (C=O) groups is 2. The van der Waals surface area contributed by atoms with Gasteiger partial charge in [-0.1, -0.05) is 0 Å². The van der Waals surface area contributed by atoms with Crippen molar-refractivity contribution in [2.45, 2.75) is 44.2 Å². The van der Waals surface area contributed by atoms with Gasteiger partial charge in [-0.15, -0.1) is 0 Å². The van der Waals surface area contributed by atoms with Gasteiger partial charge >= 0.3 is 12.0 Å². The summed E-state index contributed by atoms with van der Waals surface area (Å²) in [7, 11) is 0. The molecular formula is C14H22N2O4. The maximum absolute atomic E-state index is 12.6. The number of likely N-dealkylation sites (tertiary alicyclic amines) is 1. The Morgan fingerprint density at radius 2 is 2.05 bits per heavy atom. The number of fused-ring (bicyclic) bond motifs is 1. The molecule has 2 amide bonds. The van der Waals surface area contributed by atoms with Crippen LogP contribution in [0.15, 0.2) is 0 Å². The average Bonchev–Trinajstić information content (AvgIpc) is 3.05. The van der Waals surface area contributed by atoms with Crippen molar-refractivity contribution >= 4 is 12.0 Å². The number of hydrogen-bond acceptors (Lipinski definition) is 3. The predicted octanol–water partition coefficient (Wildman–Crippen LogP) is 1.16. The van der Waals surface area contributed by atoms with Crippen molar-refractivity contribution in [2.75, 3.05) is 26.2 Å². The number of carbonyl (C=O) groups excluding carboxylic acids is 1. The van der Waals surface area contributed by atoms with Crippen LogP contribution >= 0.6 is 0 Å². The Kier molecular flexibility index (Phi) is 3.83. The van der Waals surface area contributed by atoms with Crippen LogP contribution in [0.5, 0.6) is 0 Å². The average molecular weight is 282 g/mol. The van der Waals surface area contributed by atoms with Crippen molar-refractivity contribution in [3.63, 3.8) is 0 Å². The smallest absolute Gasteiger partial charge is 0.320 e. The number of carboxylic acid groups (broad SMARTS) is 1. The first-order valence-electron chi connectivity index (χ1n) is 7.54. The highest BCUT2D eigenvalue weighted by Gasteiger charge is 2.41. The second-order valence-electron chi connectivity index (χ2n) is 6.08. The minimum atomic E-state index is -0.772. The van der Waals surface area contributed by atoms with Gasteiger partial charge < -0.3 is 19.6 Å². The quantitative estimate of drug-likeness (QED) is 0.825. The van der Waals surface area contributed by atoms with Crippen LogP contribution < -0.4 is 0 Å². The fraction of sp³-hybridized carbons (Fsp3) is 0.857. The molecule has 2 aliphatic heterocycles. The Balaban J connectivity index is 1.60. The van der Waals surface area contributed by atoms with E-state index in [9.17, 15) is 9.59 Å². The second-order valence-corrected chi connectivity index (χ2v) is 6.08. The van der Waals surface area contributed by atoms with Gasteiger partial charge in [0, 0.05) is 26.1 Å². The normalized spacial score (nSPS) is 33.3. The number of aliphatic carboxylic acids is 1. The van der Waals surface area contributed by atoms with Crippen LogP contribution in [-0.4, -0.2) is 65.3 Å². The number of amides is 2. The van der Waals surface area contributed by atoms with Gasteiger partial charge in [0.1, 0.15) is 0 Å². The molecule has 0 bridgehead atoms. The fourth-order valence-electron chi connectivity index (χ4n) is 3.76. The lowest BCUT2D eigenvalue weighted by atomic mass is 10.1. The number of hydrogen-bond donors (Lipinski definition) is 1. The third-order valence-electron chi connectivity index (χ3n) is 4.75. The van der Waals surface area contributed by atoms with E-state index >= 15 is 0 Å². The molecule has 6 nitrogen and oxygen atoms in total. The van der Waals surface area contributed by atoms with E-state index < -0.39 is 5.97 Å². The van der Waals surface area contributed by atoms with E-state index in [0.717, 1.165) is 25.7 Å². The van der Waals surface area contributed by atoms with Gasteiger partial charge in [-0.25, -0.2) is 4.79 Å². The lowest BCUT2D eigenvalue weighted by Gasteiger charge is -2.39. The van der Waals surface area contributed by atoms with Crippen molar-refractivity contribution in [3.8, 4) is 0 Å². The zero-order valence-electron chi connectivity index (χ0n) is 11.7. The van der Waals surface area contributed by atoms with Gasteiger partial charge in [-0.3, -0.25) is 4.79 Å². The van der Waals surface area contributed by atoms with Crippen LogP contribution in [0.1, 0.15) is 32.1 Å². The van der Waals surface area contributed by atoms with Crippen molar-refractivity contribution < 1.29 is 19.4 Å². The molecule has 3 rings (SSSR count). The Bertz CT molecular complexity index is 401. The largest absolute Gasteiger partial charge is 0.481 e. The second kappa shape index (κ2) is 5.60. The molecule has 0 aromatic rings. The SMILES string of the molecule is O=C(O)CC1CCN(C(=O)N2CCOC3CCCC32)C1. The van der Waals surface area contributed by atoms with E-state index in [-0.39, 0.29) is 30.5 Å². The molecule has 0 radical (unpaired) electrons. The van der Waals surface area contributed by atoms with E-state index in [4.69, 9.17) is 9.84 Å². The van der Waals surface area contributed by atoms with Crippen LogP contribution in [0.2, 0.25) is 0 Å². The third kappa shape index (κ3) is 2.61. The van der Waals surface area contributed by atoms with Gasteiger partial charge in [-0.05, 0) is 31.6 Å². The molecule has 2 saturated heterocycles. The number of nitrogens with zero attached hydrogens (tertiary/aromatic N) is 2. The first-order valence-corrected chi connectivity index (χ1v) is 7.54. The molecule has 0 aromatic carbocycles. The summed E-state index contributed by atoms with van der Waals surface area (Å²) in [6.45, 7) is 2.56. The summed E-state index contributed by atoms with van der Waals surface area (Å²) in [6, 6.07) is 0.313. The summed E-state index contributed by atoms with van der Waals surface area (Å²) in [4.78, 5) is 27.2. The lowest BCUT2D eigenvalue weighted by Crippen LogP contribution is -2.55. The predicted molar refractivity (Wildman–Crippen MR) is 71.4 cm³/mol. The molecule has 0 spiro atoms. The van der Waals surface area contributed by atoms with Gasteiger partial charge in [-0.2, -0.15) is 0 Å². The topological polar surface area (TPSA) is 70.1 Å². The first-order chi connectivity index (χ1) is 9.65. The summed E-state index contributed by atoms with van der Waals surface area (Å²) in [6.07, 6.45) is 4.39. The van der Waals surface area contributed by atoms with Crippen molar-refractivity contribution in [1.29, 1.82) is 0 Å². The lowest BCUT2D eigenvalue weighted by molar-refractivity contribution is -0.138.